The summed E-state index contributed by atoms with van der Waals surface area (Å²) >= 11 is 0. The van der Waals surface area contributed by atoms with Crippen LogP contribution in [0.25, 0.3) is 6.08 Å². The summed E-state index contributed by atoms with van der Waals surface area (Å²) in [5.41, 5.74) is -0.451. The average molecular weight is 416 g/mol. The second-order valence-electron chi connectivity index (χ2n) is 6.16. The third-order valence-electron chi connectivity index (χ3n) is 3.96. The molecule has 2 N–H and O–H groups in total. The summed E-state index contributed by atoms with van der Waals surface area (Å²) in [5.74, 6) is -0.757. The number of benzene rings is 2. The van der Waals surface area contributed by atoms with Crippen LogP contribution in [0, 0.1) is 11.3 Å². The van der Waals surface area contributed by atoms with E-state index in [2.05, 4.69) is 11.9 Å². The van der Waals surface area contributed by atoms with Crippen LogP contribution in [-0.4, -0.2) is 17.6 Å². The first-order chi connectivity index (χ1) is 14.2. The molecular formula is C22H19F3N2O3. The van der Waals surface area contributed by atoms with Crippen molar-refractivity contribution in [3.05, 3.63) is 71.3 Å². The molecule has 0 heterocycles. The number of allylic oxidation sites excluding steroid dienone is 1. The molecule has 2 rings (SSSR count). The molecule has 0 unspecified atom stereocenters. The minimum Gasteiger partial charge on any atom is -0.504 e. The number of phenols is 1. The standard InChI is InChI=1S/C22H19F3N2O3/c1-3-6-15-9-14(11-19(20(15)28)30-4-2)10-16(13-26)21(29)27-18-8-5-7-17(12-18)22(23,24)25/h3,5,7-12,28H,1,4,6H2,2H3,(H,27,29)/b16-10+. The zero-order chi connectivity index (χ0) is 22.3. The fourth-order valence-electron chi connectivity index (χ4n) is 2.64. The average Bonchev–Trinajstić information content (AvgIpc) is 2.69. The van der Waals surface area contributed by atoms with Gasteiger partial charge >= 0.3 is 6.18 Å². The fraction of sp³-hybridized carbons (Fsp3) is 0.182. The van der Waals surface area contributed by atoms with Gasteiger partial charge in [0.15, 0.2) is 11.5 Å². The molecule has 2 aromatic carbocycles. The van der Waals surface area contributed by atoms with Crippen molar-refractivity contribution in [1.82, 2.24) is 0 Å². The minimum atomic E-state index is -4.56. The molecule has 0 aromatic heterocycles. The van der Waals surface area contributed by atoms with Gasteiger partial charge in [0.25, 0.3) is 5.91 Å². The lowest BCUT2D eigenvalue weighted by molar-refractivity contribution is -0.137. The number of phenolic OH excluding ortho intramolecular Hbond substituents is 1. The Labute approximate surface area is 171 Å². The van der Waals surface area contributed by atoms with Gasteiger partial charge < -0.3 is 15.2 Å². The summed E-state index contributed by atoms with van der Waals surface area (Å²) in [4.78, 5) is 12.4. The summed E-state index contributed by atoms with van der Waals surface area (Å²) in [6.07, 6.45) is -1.40. The highest BCUT2D eigenvalue weighted by molar-refractivity contribution is 6.09. The molecule has 0 aliphatic carbocycles. The van der Waals surface area contributed by atoms with Gasteiger partial charge in [-0.1, -0.05) is 12.1 Å². The van der Waals surface area contributed by atoms with E-state index in [1.54, 1.807) is 25.1 Å². The Morgan fingerprint density at radius 1 is 1.33 bits per heavy atom. The predicted molar refractivity (Wildman–Crippen MR) is 107 cm³/mol. The molecule has 2 aromatic rings. The number of nitrogens with zero attached hydrogens (tertiary/aromatic N) is 1. The lowest BCUT2D eigenvalue weighted by atomic mass is 10.0. The number of anilines is 1. The number of halogens is 3. The van der Waals surface area contributed by atoms with Crippen molar-refractivity contribution in [1.29, 1.82) is 5.26 Å². The maximum Gasteiger partial charge on any atom is 0.416 e. The number of amides is 1. The van der Waals surface area contributed by atoms with Crippen molar-refractivity contribution in [2.75, 3.05) is 11.9 Å². The molecular weight excluding hydrogens is 397 g/mol. The molecule has 0 aliphatic heterocycles. The van der Waals surface area contributed by atoms with Crippen LogP contribution in [0.4, 0.5) is 18.9 Å². The van der Waals surface area contributed by atoms with Gasteiger partial charge in [-0.15, -0.1) is 6.58 Å². The van der Waals surface area contributed by atoms with E-state index >= 15 is 0 Å². The highest BCUT2D eigenvalue weighted by Crippen LogP contribution is 2.33. The van der Waals surface area contributed by atoms with Crippen LogP contribution in [0.5, 0.6) is 11.5 Å². The van der Waals surface area contributed by atoms with Crippen LogP contribution in [0.15, 0.2) is 54.6 Å². The Balaban J connectivity index is 2.36. The van der Waals surface area contributed by atoms with Gasteiger partial charge in [-0.05, 0) is 55.3 Å². The van der Waals surface area contributed by atoms with Crippen LogP contribution in [0.1, 0.15) is 23.6 Å². The second-order valence-corrected chi connectivity index (χ2v) is 6.16. The third kappa shape index (κ3) is 5.64. The Bertz CT molecular complexity index is 1020. The maximum absolute atomic E-state index is 12.8. The number of nitrogens with one attached hydrogen (secondary N) is 1. The number of alkyl halides is 3. The molecule has 8 heteroatoms. The van der Waals surface area contributed by atoms with E-state index in [4.69, 9.17) is 4.74 Å². The van der Waals surface area contributed by atoms with Crippen molar-refractivity contribution in [3.8, 4) is 17.6 Å². The molecule has 0 fully saturated rings. The quantitative estimate of drug-likeness (QED) is 0.374. The van der Waals surface area contributed by atoms with Crippen molar-refractivity contribution in [2.24, 2.45) is 0 Å². The molecule has 0 spiro atoms. The van der Waals surface area contributed by atoms with E-state index in [1.807, 2.05) is 0 Å². The normalized spacial score (nSPS) is 11.5. The molecule has 156 valence electrons. The number of hydrogen-bond donors (Lipinski definition) is 2. The van der Waals surface area contributed by atoms with Crippen LogP contribution in [0.2, 0.25) is 0 Å². The molecule has 0 saturated carbocycles. The van der Waals surface area contributed by atoms with Gasteiger partial charge in [0.05, 0.1) is 12.2 Å². The Morgan fingerprint density at radius 2 is 2.07 bits per heavy atom. The number of aromatic hydroxyl groups is 1. The number of nitriles is 1. The first-order valence-electron chi connectivity index (χ1n) is 8.89. The Kier molecular flexibility index (Phi) is 7.26. The van der Waals surface area contributed by atoms with Crippen LogP contribution in [-0.2, 0) is 17.4 Å². The minimum absolute atomic E-state index is 0.0687. The molecule has 30 heavy (non-hydrogen) atoms. The van der Waals surface area contributed by atoms with Crippen molar-refractivity contribution in [2.45, 2.75) is 19.5 Å². The number of ether oxygens (including phenoxy) is 1. The molecule has 1 amide bonds. The summed E-state index contributed by atoms with van der Waals surface area (Å²) in [7, 11) is 0. The van der Waals surface area contributed by atoms with E-state index in [9.17, 15) is 28.3 Å². The smallest absolute Gasteiger partial charge is 0.416 e. The zero-order valence-electron chi connectivity index (χ0n) is 16.1. The van der Waals surface area contributed by atoms with Gasteiger partial charge in [0.1, 0.15) is 11.6 Å². The molecule has 0 aliphatic rings. The Morgan fingerprint density at radius 3 is 2.67 bits per heavy atom. The van der Waals surface area contributed by atoms with Crippen molar-refractivity contribution < 1.29 is 27.8 Å². The highest BCUT2D eigenvalue weighted by Gasteiger charge is 2.30. The van der Waals surface area contributed by atoms with Crippen LogP contribution >= 0.6 is 0 Å². The molecule has 0 radical (unpaired) electrons. The predicted octanol–water partition coefficient (Wildman–Crippen LogP) is 5.08. The molecule has 5 nitrogen and oxygen atoms in total. The van der Waals surface area contributed by atoms with Crippen LogP contribution < -0.4 is 10.1 Å². The van der Waals surface area contributed by atoms with Crippen molar-refractivity contribution >= 4 is 17.7 Å². The SMILES string of the molecule is C=CCc1cc(/C=C(\C#N)C(=O)Nc2cccc(C(F)(F)F)c2)cc(OCC)c1O. The van der Waals surface area contributed by atoms with Gasteiger partial charge in [0.2, 0.25) is 0 Å². The summed E-state index contributed by atoms with van der Waals surface area (Å²) < 4.78 is 43.9. The largest absolute Gasteiger partial charge is 0.504 e. The van der Waals surface area contributed by atoms with E-state index < -0.39 is 17.6 Å². The number of carbonyl (C=O) groups excluding carboxylic acids is 1. The fourth-order valence-corrected chi connectivity index (χ4v) is 2.64. The lowest BCUT2D eigenvalue weighted by Gasteiger charge is -2.12. The first kappa shape index (κ1) is 22.6. The van der Waals surface area contributed by atoms with Crippen LogP contribution in [0.3, 0.4) is 0 Å². The number of hydrogen-bond acceptors (Lipinski definition) is 4. The topological polar surface area (TPSA) is 82.4 Å². The zero-order valence-corrected chi connectivity index (χ0v) is 16.1. The third-order valence-corrected chi connectivity index (χ3v) is 3.96. The van der Waals surface area contributed by atoms with Gasteiger partial charge in [-0.3, -0.25) is 4.79 Å². The van der Waals surface area contributed by atoms with E-state index in [1.165, 1.54) is 18.2 Å². The lowest BCUT2D eigenvalue weighted by Crippen LogP contribution is -2.14. The van der Waals surface area contributed by atoms with Gasteiger partial charge in [0, 0.05) is 11.3 Å². The monoisotopic (exact) mass is 416 g/mol. The van der Waals surface area contributed by atoms with E-state index in [-0.39, 0.29) is 29.4 Å². The summed E-state index contributed by atoms with van der Waals surface area (Å²) in [6.45, 7) is 5.64. The van der Waals surface area contributed by atoms with E-state index in [0.717, 1.165) is 18.2 Å². The molecule has 0 bridgehead atoms. The molecule has 0 atom stereocenters. The maximum atomic E-state index is 12.8. The van der Waals surface area contributed by atoms with Gasteiger partial charge in [-0.25, -0.2) is 0 Å². The summed E-state index contributed by atoms with van der Waals surface area (Å²) in [6, 6.07) is 8.86. The molecule has 0 saturated heterocycles. The van der Waals surface area contributed by atoms with Crippen molar-refractivity contribution in [3.63, 3.8) is 0 Å². The highest BCUT2D eigenvalue weighted by atomic mass is 19.4. The summed E-state index contributed by atoms with van der Waals surface area (Å²) in [5, 5.41) is 21.9. The number of carbonyl (C=O) groups is 1. The van der Waals surface area contributed by atoms with Gasteiger partial charge in [-0.2, -0.15) is 18.4 Å². The second kappa shape index (κ2) is 9.65. The number of rotatable bonds is 7. The Hall–Kier alpha value is -3.73. The first-order valence-corrected chi connectivity index (χ1v) is 8.89. The van der Waals surface area contributed by atoms with E-state index in [0.29, 0.717) is 17.5 Å².